The molecule has 1 aliphatic rings. The van der Waals surface area contributed by atoms with Crippen LogP contribution >= 0.6 is 0 Å². The van der Waals surface area contributed by atoms with Gasteiger partial charge in [0.25, 0.3) is 0 Å². The number of nitrogens with zero attached hydrogens (tertiary/aromatic N) is 1. The standard InChI is InChI=1S/C18H18F2N2O/c19-14-7-8-16(15(20)12-14)21-18(23)9-11-22-10-3-5-13-4-1-2-6-17(13)22/h1-2,4,6-8,12H,3,5,9-11H2,(H,21,23). The molecule has 1 N–H and O–H groups in total. The number of aryl methyl sites for hydroxylation is 1. The fourth-order valence-electron chi connectivity index (χ4n) is 2.88. The molecule has 1 amide bonds. The monoisotopic (exact) mass is 316 g/mol. The largest absolute Gasteiger partial charge is 0.371 e. The Hall–Kier alpha value is -2.43. The average molecular weight is 316 g/mol. The summed E-state index contributed by atoms with van der Waals surface area (Å²) >= 11 is 0. The van der Waals surface area contributed by atoms with E-state index in [4.69, 9.17) is 0 Å². The summed E-state index contributed by atoms with van der Waals surface area (Å²) in [5.41, 5.74) is 2.47. The van der Waals surface area contributed by atoms with Crippen LogP contribution in [0.3, 0.4) is 0 Å². The Balaban J connectivity index is 1.59. The molecule has 0 saturated heterocycles. The highest BCUT2D eigenvalue weighted by Gasteiger charge is 2.17. The molecule has 5 heteroatoms. The number of rotatable bonds is 4. The smallest absolute Gasteiger partial charge is 0.226 e. The van der Waals surface area contributed by atoms with Gasteiger partial charge in [-0.1, -0.05) is 18.2 Å². The van der Waals surface area contributed by atoms with Crippen molar-refractivity contribution in [3.63, 3.8) is 0 Å². The molecule has 1 aliphatic heterocycles. The molecule has 3 rings (SSSR count). The highest BCUT2D eigenvalue weighted by molar-refractivity contribution is 5.91. The molecule has 0 fully saturated rings. The number of carbonyl (C=O) groups is 1. The summed E-state index contributed by atoms with van der Waals surface area (Å²) in [6.07, 6.45) is 2.37. The molecule has 0 radical (unpaired) electrons. The van der Waals surface area contributed by atoms with Gasteiger partial charge in [0.1, 0.15) is 11.6 Å². The van der Waals surface area contributed by atoms with E-state index in [-0.39, 0.29) is 18.0 Å². The van der Waals surface area contributed by atoms with Crippen molar-refractivity contribution in [3.8, 4) is 0 Å². The molecule has 0 aromatic heterocycles. The minimum Gasteiger partial charge on any atom is -0.371 e. The number of para-hydroxylation sites is 1. The molecule has 2 aromatic carbocycles. The molecule has 0 spiro atoms. The van der Waals surface area contributed by atoms with Crippen molar-refractivity contribution < 1.29 is 13.6 Å². The highest BCUT2D eigenvalue weighted by Crippen LogP contribution is 2.26. The van der Waals surface area contributed by atoms with Gasteiger partial charge in [-0.15, -0.1) is 0 Å². The van der Waals surface area contributed by atoms with Crippen molar-refractivity contribution in [1.82, 2.24) is 0 Å². The van der Waals surface area contributed by atoms with Gasteiger partial charge in [0, 0.05) is 31.3 Å². The van der Waals surface area contributed by atoms with Crippen molar-refractivity contribution in [3.05, 3.63) is 59.7 Å². The van der Waals surface area contributed by atoms with E-state index in [2.05, 4.69) is 22.3 Å². The molecule has 120 valence electrons. The molecule has 0 bridgehead atoms. The average Bonchev–Trinajstić information content (AvgIpc) is 2.55. The molecule has 2 aromatic rings. The van der Waals surface area contributed by atoms with Crippen LogP contribution in [-0.2, 0) is 11.2 Å². The lowest BCUT2D eigenvalue weighted by molar-refractivity contribution is -0.116. The van der Waals surface area contributed by atoms with Crippen LogP contribution in [0.2, 0.25) is 0 Å². The molecule has 0 aliphatic carbocycles. The number of carbonyl (C=O) groups excluding carboxylic acids is 1. The zero-order chi connectivity index (χ0) is 16.2. The Morgan fingerprint density at radius 1 is 1.17 bits per heavy atom. The van der Waals surface area contributed by atoms with Crippen molar-refractivity contribution in [2.75, 3.05) is 23.3 Å². The lowest BCUT2D eigenvalue weighted by Crippen LogP contribution is -2.32. The number of amides is 1. The van der Waals surface area contributed by atoms with Gasteiger partial charge < -0.3 is 10.2 Å². The first-order valence-corrected chi connectivity index (χ1v) is 7.71. The summed E-state index contributed by atoms with van der Waals surface area (Å²) in [4.78, 5) is 14.2. The van der Waals surface area contributed by atoms with E-state index in [9.17, 15) is 13.6 Å². The lowest BCUT2D eigenvalue weighted by atomic mass is 10.0. The molecular formula is C18H18F2N2O. The summed E-state index contributed by atoms with van der Waals surface area (Å²) in [6, 6.07) is 11.3. The van der Waals surface area contributed by atoms with Crippen LogP contribution in [0.4, 0.5) is 20.2 Å². The third-order valence-electron chi connectivity index (χ3n) is 4.02. The van der Waals surface area contributed by atoms with Gasteiger partial charge >= 0.3 is 0 Å². The number of anilines is 2. The summed E-state index contributed by atoms with van der Waals surface area (Å²) in [5.74, 6) is -1.70. The summed E-state index contributed by atoms with van der Waals surface area (Å²) in [6.45, 7) is 1.49. The van der Waals surface area contributed by atoms with E-state index >= 15 is 0 Å². The third kappa shape index (κ3) is 3.67. The lowest BCUT2D eigenvalue weighted by Gasteiger charge is -2.31. The predicted octanol–water partition coefficient (Wildman–Crippen LogP) is 3.75. The van der Waals surface area contributed by atoms with Crippen molar-refractivity contribution in [2.45, 2.75) is 19.3 Å². The second-order valence-corrected chi connectivity index (χ2v) is 5.64. The van der Waals surface area contributed by atoms with E-state index in [0.29, 0.717) is 6.54 Å². The summed E-state index contributed by atoms with van der Waals surface area (Å²) < 4.78 is 26.4. The van der Waals surface area contributed by atoms with Crippen LogP contribution < -0.4 is 10.2 Å². The minimum atomic E-state index is -0.762. The number of halogens is 2. The third-order valence-corrected chi connectivity index (χ3v) is 4.02. The SMILES string of the molecule is O=C(CCN1CCCc2ccccc21)Nc1ccc(F)cc1F. The summed E-state index contributed by atoms with van der Waals surface area (Å²) in [7, 11) is 0. The van der Waals surface area contributed by atoms with E-state index < -0.39 is 11.6 Å². The van der Waals surface area contributed by atoms with Gasteiger partial charge in [0.15, 0.2) is 0 Å². The Bertz CT molecular complexity index is 718. The number of hydrogen-bond donors (Lipinski definition) is 1. The van der Waals surface area contributed by atoms with Crippen LogP contribution in [0, 0.1) is 11.6 Å². The van der Waals surface area contributed by atoms with Crippen LogP contribution in [0.25, 0.3) is 0 Å². The molecular weight excluding hydrogens is 298 g/mol. The minimum absolute atomic E-state index is 0.00967. The zero-order valence-corrected chi connectivity index (χ0v) is 12.7. The van der Waals surface area contributed by atoms with Gasteiger partial charge in [0.2, 0.25) is 5.91 Å². The van der Waals surface area contributed by atoms with Crippen LogP contribution in [-0.4, -0.2) is 19.0 Å². The number of benzene rings is 2. The second kappa shape index (κ2) is 6.77. The van der Waals surface area contributed by atoms with Crippen molar-refractivity contribution >= 4 is 17.3 Å². The second-order valence-electron chi connectivity index (χ2n) is 5.64. The summed E-state index contributed by atoms with van der Waals surface area (Å²) in [5, 5.41) is 2.49. The highest BCUT2D eigenvalue weighted by atomic mass is 19.1. The number of nitrogens with one attached hydrogen (secondary N) is 1. The molecule has 23 heavy (non-hydrogen) atoms. The number of fused-ring (bicyclic) bond motifs is 1. The van der Waals surface area contributed by atoms with Crippen LogP contribution in [0.15, 0.2) is 42.5 Å². The fourth-order valence-corrected chi connectivity index (χ4v) is 2.88. The maximum absolute atomic E-state index is 13.5. The van der Waals surface area contributed by atoms with Gasteiger partial charge in [-0.2, -0.15) is 0 Å². The van der Waals surface area contributed by atoms with E-state index in [1.807, 2.05) is 12.1 Å². The van der Waals surface area contributed by atoms with E-state index in [0.717, 1.165) is 31.5 Å². The Morgan fingerprint density at radius 2 is 2.00 bits per heavy atom. The molecule has 3 nitrogen and oxygen atoms in total. The maximum atomic E-state index is 13.5. The molecule has 0 unspecified atom stereocenters. The predicted molar refractivity (Wildman–Crippen MR) is 86.6 cm³/mol. The maximum Gasteiger partial charge on any atom is 0.226 e. The van der Waals surface area contributed by atoms with Gasteiger partial charge in [-0.3, -0.25) is 4.79 Å². The Kier molecular flexibility index (Phi) is 4.55. The first-order valence-electron chi connectivity index (χ1n) is 7.71. The topological polar surface area (TPSA) is 32.3 Å². The quantitative estimate of drug-likeness (QED) is 0.932. The van der Waals surface area contributed by atoms with Crippen molar-refractivity contribution in [2.24, 2.45) is 0 Å². The normalized spacial score (nSPS) is 13.6. The van der Waals surface area contributed by atoms with Crippen LogP contribution in [0.1, 0.15) is 18.4 Å². The van der Waals surface area contributed by atoms with E-state index in [1.165, 1.54) is 17.3 Å². The van der Waals surface area contributed by atoms with E-state index in [1.54, 1.807) is 0 Å². The first-order chi connectivity index (χ1) is 11.1. The van der Waals surface area contributed by atoms with Gasteiger partial charge in [-0.25, -0.2) is 8.78 Å². The molecule has 0 saturated carbocycles. The van der Waals surface area contributed by atoms with Crippen molar-refractivity contribution in [1.29, 1.82) is 0 Å². The first kappa shape index (κ1) is 15.5. The zero-order valence-electron chi connectivity index (χ0n) is 12.7. The molecule has 0 atom stereocenters. The fraction of sp³-hybridized carbons (Fsp3) is 0.278. The Morgan fingerprint density at radius 3 is 2.83 bits per heavy atom. The van der Waals surface area contributed by atoms with Crippen LogP contribution in [0.5, 0.6) is 0 Å². The molecule has 1 heterocycles. The van der Waals surface area contributed by atoms with Gasteiger partial charge in [-0.05, 0) is 36.6 Å². The Labute approximate surface area is 133 Å². The van der Waals surface area contributed by atoms with Gasteiger partial charge in [0.05, 0.1) is 5.69 Å². The number of hydrogen-bond acceptors (Lipinski definition) is 2.